The number of amides is 2. The molecule has 9 nitrogen and oxygen atoms in total. The van der Waals surface area contributed by atoms with Crippen molar-refractivity contribution in [3.05, 3.63) is 71.4 Å². The third-order valence-electron chi connectivity index (χ3n) is 6.45. The van der Waals surface area contributed by atoms with Crippen LogP contribution in [-0.4, -0.2) is 46.0 Å². The van der Waals surface area contributed by atoms with Crippen LogP contribution in [0.15, 0.2) is 54.6 Å². The first-order chi connectivity index (χ1) is 16.4. The highest BCUT2D eigenvalue weighted by Crippen LogP contribution is 2.44. The van der Waals surface area contributed by atoms with Gasteiger partial charge in [0, 0.05) is 25.6 Å². The first-order valence-corrected chi connectivity index (χ1v) is 11.1. The van der Waals surface area contributed by atoms with Gasteiger partial charge in [0.15, 0.2) is 5.82 Å². The van der Waals surface area contributed by atoms with Crippen molar-refractivity contribution in [3.8, 4) is 11.1 Å². The molecule has 34 heavy (non-hydrogen) atoms. The highest BCUT2D eigenvalue weighted by molar-refractivity contribution is 5.94. The van der Waals surface area contributed by atoms with E-state index in [1.54, 1.807) is 7.05 Å². The number of benzene rings is 2. The number of nitrogens with one attached hydrogen (secondary N) is 2. The fraction of sp³-hybridized carbons (Fsp3) is 0.280. The third-order valence-corrected chi connectivity index (χ3v) is 6.45. The summed E-state index contributed by atoms with van der Waals surface area (Å²) in [6.07, 6.45) is -0.0931. The van der Waals surface area contributed by atoms with Gasteiger partial charge in [-0.05, 0) is 34.6 Å². The largest absolute Gasteiger partial charge is 0.481 e. The van der Waals surface area contributed by atoms with Gasteiger partial charge in [0.05, 0.1) is 5.92 Å². The molecule has 3 N–H and O–H groups in total. The molecule has 174 valence electrons. The second-order valence-corrected chi connectivity index (χ2v) is 8.64. The molecule has 0 spiro atoms. The number of carbonyl (C=O) groups excluding carboxylic acids is 2. The number of carboxylic acids is 1. The third kappa shape index (κ3) is 4.12. The van der Waals surface area contributed by atoms with Crippen LogP contribution in [0.4, 0.5) is 10.6 Å². The molecule has 2 amide bonds. The van der Waals surface area contributed by atoms with Crippen LogP contribution in [-0.2, 0) is 16.6 Å². The minimum Gasteiger partial charge on any atom is -0.481 e. The average molecular weight is 460 g/mol. The molecule has 2 aliphatic rings. The number of hydrogen-bond acceptors (Lipinski definition) is 5. The molecule has 0 bridgehead atoms. The van der Waals surface area contributed by atoms with E-state index in [1.807, 2.05) is 36.4 Å². The van der Waals surface area contributed by atoms with Gasteiger partial charge in [0.1, 0.15) is 12.3 Å². The van der Waals surface area contributed by atoms with E-state index in [0.29, 0.717) is 6.42 Å². The Bertz CT molecular complexity index is 1240. The maximum atomic E-state index is 12.5. The lowest BCUT2D eigenvalue weighted by atomic mass is 9.98. The molecule has 2 aliphatic carbocycles. The predicted octanol–water partition coefficient (Wildman–Crippen LogP) is 3.23. The van der Waals surface area contributed by atoms with Gasteiger partial charge in [-0.3, -0.25) is 19.6 Å². The van der Waals surface area contributed by atoms with Crippen LogP contribution in [0.25, 0.3) is 11.1 Å². The van der Waals surface area contributed by atoms with Crippen LogP contribution >= 0.6 is 0 Å². The molecule has 9 heteroatoms. The molecule has 3 aromatic rings. The van der Waals surface area contributed by atoms with E-state index in [4.69, 9.17) is 9.84 Å². The van der Waals surface area contributed by atoms with Crippen molar-refractivity contribution < 1.29 is 24.2 Å². The summed E-state index contributed by atoms with van der Waals surface area (Å²) in [6.45, 7) is 0.461. The Hall–Kier alpha value is -4.14. The summed E-state index contributed by atoms with van der Waals surface area (Å²) in [4.78, 5) is 35.8. The molecule has 2 atom stereocenters. The summed E-state index contributed by atoms with van der Waals surface area (Å²) in [6, 6.07) is 17.6. The molecule has 2 aromatic carbocycles. The van der Waals surface area contributed by atoms with Gasteiger partial charge in [0.2, 0.25) is 0 Å². The molecule has 0 unspecified atom stereocenters. The number of aryl methyl sites for hydroxylation is 1. The zero-order valence-corrected chi connectivity index (χ0v) is 18.5. The molecule has 5 rings (SSSR count). The molecular formula is C25H24N4O5. The zero-order chi connectivity index (χ0) is 23.8. The second kappa shape index (κ2) is 8.66. The van der Waals surface area contributed by atoms with Gasteiger partial charge in [0.25, 0.3) is 5.91 Å². The Labute approximate surface area is 195 Å². The summed E-state index contributed by atoms with van der Waals surface area (Å²) in [5, 5.41) is 18.4. The Balaban J connectivity index is 1.18. The monoisotopic (exact) mass is 460 g/mol. The Kier molecular flexibility index (Phi) is 5.53. The number of ether oxygens (including phenoxy) is 1. The molecule has 1 heterocycles. The number of rotatable bonds is 7. The maximum Gasteiger partial charge on any atom is 0.412 e. The van der Waals surface area contributed by atoms with Crippen LogP contribution in [0.3, 0.4) is 0 Å². The van der Waals surface area contributed by atoms with Gasteiger partial charge < -0.3 is 15.2 Å². The normalized spacial score (nSPS) is 18.0. The van der Waals surface area contributed by atoms with Crippen molar-refractivity contribution in [1.29, 1.82) is 0 Å². The quantitative estimate of drug-likeness (QED) is 0.498. The van der Waals surface area contributed by atoms with Crippen molar-refractivity contribution in [3.63, 3.8) is 0 Å². The van der Waals surface area contributed by atoms with Crippen molar-refractivity contribution in [2.45, 2.75) is 12.3 Å². The molecular weight excluding hydrogens is 436 g/mol. The van der Waals surface area contributed by atoms with E-state index >= 15 is 0 Å². The smallest absolute Gasteiger partial charge is 0.412 e. The first kappa shape index (κ1) is 21.7. The fourth-order valence-electron chi connectivity index (χ4n) is 4.57. The Morgan fingerprint density at radius 1 is 1.09 bits per heavy atom. The van der Waals surface area contributed by atoms with Gasteiger partial charge in [-0.2, -0.15) is 5.10 Å². The predicted molar refractivity (Wildman–Crippen MR) is 123 cm³/mol. The van der Waals surface area contributed by atoms with Gasteiger partial charge in [-0.25, -0.2) is 4.79 Å². The second-order valence-electron chi connectivity index (χ2n) is 8.64. The van der Waals surface area contributed by atoms with Crippen LogP contribution < -0.4 is 10.6 Å². The molecule has 1 aromatic heterocycles. The Morgan fingerprint density at radius 2 is 1.74 bits per heavy atom. The topological polar surface area (TPSA) is 123 Å². The average Bonchev–Trinajstić information content (AvgIpc) is 3.43. The number of carboxylic acid groups (broad SMARTS) is 1. The number of hydrogen-bond donors (Lipinski definition) is 3. The first-order valence-electron chi connectivity index (χ1n) is 11.1. The van der Waals surface area contributed by atoms with E-state index in [0.717, 1.165) is 22.3 Å². The van der Waals surface area contributed by atoms with Crippen molar-refractivity contribution in [1.82, 2.24) is 15.1 Å². The Morgan fingerprint density at radius 3 is 2.35 bits per heavy atom. The van der Waals surface area contributed by atoms with Crippen LogP contribution in [0.2, 0.25) is 0 Å². The number of fused-ring (bicyclic) bond motifs is 3. The highest BCUT2D eigenvalue weighted by Gasteiger charge is 2.43. The van der Waals surface area contributed by atoms with Crippen molar-refractivity contribution in [2.24, 2.45) is 18.9 Å². The lowest BCUT2D eigenvalue weighted by Gasteiger charge is -2.14. The lowest BCUT2D eigenvalue weighted by molar-refractivity contribution is -0.138. The van der Waals surface area contributed by atoms with E-state index in [-0.39, 0.29) is 42.4 Å². The zero-order valence-electron chi connectivity index (χ0n) is 18.5. The molecule has 1 saturated carbocycles. The highest BCUT2D eigenvalue weighted by atomic mass is 16.5. The van der Waals surface area contributed by atoms with Crippen LogP contribution in [0, 0.1) is 11.8 Å². The minimum absolute atomic E-state index is 0.0481. The van der Waals surface area contributed by atoms with Gasteiger partial charge >= 0.3 is 12.1 Å². The van der Waals surface area contributed by atoms with Gasteiger partial charge in [-0.15, -0.1) is 0 Å². The molecule has 0 saturated heterocycles. The number of nitrogens with zero attached hydrogens (tertiary/aromatic N) is 2. The van der Waals surface area contributed by atoms with Crippen LogP contribution in [0.5, 0.6) is 0 Å². The lowest BCUT2D eigenvalue weighted by Crippen LogP contribution is -2.28. The SMILES string of the molecule is Cn1nc(NC(=O)OCC2c3ccccc3-c3ccccc32)cc1C(=O)NC[C@H]1C[C@H]1C(=O)O. The molecule has 1 fully saturated rings. The van der Waals surface area contributed by atoms with E-state index < -0.39 is 18.0 Å². The summed E-state index contributed by atoms with van der Waals surface area (Å²) in [5.41, 5.74) is 4.78. The molecule has 0 aliphatic heterocycles. The van der Waals surface area contributed by atoms with Gasteiger partial charge in [-0.1, -0.05) is 48.5 Å². The van der Waals surface area contributed by atoms with Crippen molar-refractivity contribution >= 4 is 23.8 Å². The standard InChI is InChI=1S/C25H24N4O5/c1-29-21(23(30)26-12-14-10-19(14)24(31)32)11-22(28-29)27-25(33)34-13-20-17-8-4-2-6-15(17)16-7-3-5-9-18(16)20/h2-9,11,14,19-20H,10,12-13H2,1H3,(H,26,30)(H,31,32)(H,27,28,33)/t14-,19-/m1/s1. The van der Waals surface area contributed by atoms with Crippen LogP contribution in [0.1, 0.15) is 34.0 Å². The summed E-state index contributed by atoms with van der Waals surface area (Å²) in [5.74, 6) is -1.52. The summed E-state index contributed by atoms with van der Waals surface area (Å²) >= 11 is 0. The molecule has 0 radical (unpaired) electrons. The number of carbonyl (C=O) groups is 3. The summed E-state index contributed by atoms with van der Waals surface area (Å²) in [7, 11) is 1.59. The fourth-order valence-corrected chi connectivity index (χ4v) is 4.57. The maximum absolute atomic E-state index is 12.5. The number of aliphatic carboxylic acids is 1. The summed E-state index contributed by atoms with van der Waals surface area (Å²) < 4.78 is 6.88. The van der Waals surface area contributed by atoms with E-state index in [2.05, 4.69) is 27.9 Å². The number of anilines is 1. The number of aromatic nitrogens is 2. The van der Waals surface area contributed by atoms with Crippen molar-refractivity contribution in [2.75, 3.05) is 18.5 Å². The van der Waals surface area contributed by atoms with E-state index in [1.165, 1.54) is 10.7 Å². The minimum atomic E-state index is -0.839. The van der Waals surface area contributed by atoms with E-state index in [9.17, 15) is 14.4 Å².